The number of rotatable bonds is 12. The molecule has 0 spiro atoms. The molecule has 1 rings (SSSR count). The van der Waals surface area contributed by atoms with E-state index in [4.69, 9.17) is 0 Å². The first-order chi connectivity index (χ1) is 9.34. The van der Waals surface area contributed by atoms with E-state index in [1.165, 1.54) is 64.2 Å². The molecule has 2 heteroatoms. The first-order valence-corrected chi connectivity index (χ1v) is 8.52. The van der Waals surface area contributed by atoms with E-state index in [1.807, 2.05) is 0 Å². The molecule has 1 aliphatic rings. The molecule has 1 atom stereocenters. The molecule has 1 saturated carbocycles. The Bertz CT molecular complexity index is 260. The SMILES string of the molecule is CCCCCCCC/C=C\CCCCC1CCC1=O.N. The van der Waals surface area contributed by atoms with E-state index in [9.17, 15) is 4.79 Å². The highest BCUT2D eigenvalue weighted by Crippen LogP contribution is 2.27. The minimum atomic E-state index is 0. The lowest BCUT2D eigenvalue weighted by atomic mass is 9.80. The Labute approximate surface area is 126 Å². The standard InChI is InChI=1S/C18H32O.H3N/c1-2-3-4-5-6-7-8-9-10-11-12-13-14-17-15-16-18(17)19;/h9-10,17H,2-8,11-16H2,1H3;1H3/b10-9-;. The van der Waals surface area contributed by atoms with Crippen molar-refractivity contribution in [1.82, 2.24) is 6.15 Å². The van der Waals surface area contributed by atoms with Gasteiger partial charge in [-0.15, -0.1) is 0 Å². The van der Waals surface area contributed by atoms with E-state index in [2.05, 4.69) is 19.1 Å². The monoisotopic (exact) mass is 281 g/mol. The van der Waals surface area contributed by atoms with Gasteiger partial charge in [0, 0.05) is 12.3 Å². The van der Waals surface area contributed by atoms with Crippen LogP contribution in [0.1, 0.15) is 90.4 Å². The molecule has 20 heavy (non-hydrogen) atoms. The van der Waals surface area contributed by atoms with Crippen molar-refractivity contribution in [2.45, 2.75) is 90.4 Å². The Morgan fingerprint density at radius 2 is 1.55 bits per heavy atom. The zero-order chi connectivity index (χ0) is 13.8. The molecule has 0 aromatic carbocycles. The first-order valence-electron chi connectivity index (χ1n) is 8.52. The van der Waals surface area contributed by atoms with Gasteiger partial charge in [-0.1, -0.05) is 57.6 Å². The van der Waals surface area contributed by atoms with Crippen molar-refractivity contribution in [3.8, 4) is 0 Å². The second-order valence-corrected chi connectivity index (χ2v) is 6.01. The summed E-state index contributed by atoms with van der Waals surface area (Å²) in [5.74, 6) is 0.950. The minimum absolute atomic E-state index is 0. The highest BCUT2D eigenvalue weighted by molar-refractivity contribution is 5.86. The van der Waals surface area contributed by atoms with Crippen LogP contribution in [-0.4, -0.2) is 5.78 Å². The molecule has 3 N–H and O–H groups in total. The summed E-state index contributed by atoms with van der Waals surface area (Å²) < 4.78 is 0. The van der Waals surface area contributed by atoms with Crippen LogP contribution in [0.15, 0.2) is 12.2 Å². The van der Waals surface area contributed by atoms with Gasteiger partial charge in [-0.05, 0) is 38.5 Å². The highest BCUT2D eigenvalue weighted by Gasteiger charge is 2.26. The third-order valence-corrected chi connectivity index (χ3v) is 4.26. The van der Waals surface area contributed by atoms with E-state index in [-0.39, 0.29) is 6.15 Å². The third-order valence-electron chi connectivity index (χ3n) is 4.26. The number of ketones is 1. The van der Waals surface area contributed by atoms with Gasteiger partial charge in [-0.2, -0.15) is 0 Å². The lowest BCUT2D eigenvalue weighted by Gasteiger charge is -2.23. The van der Waals surface area contributed by atoms with Crippen molar-refractivity contribution < 1.29 is 4.79 Å². The fraction of sp³-hybridized carbons (Fsp3) is 0.833. The van der Waals surface area contributed by atoms with Crippen LogP contribution in [0.3, 0.4) is 0 Å². The molecule has 0 aromatic heterocycles. The van der Waals surface area contributed by atoms with Gasteiger partial charge in [-0.3, -0.25) is 4.79 Å². The average molecular weight is 281 g/mol. The smallest absolute Gasteiger partial charge is 0.136 e. The molecular weight excluding hydrogens is 246 g/mol. The molecule has 0 heterocycles. The Balaban J connectivity index is 0.00000361. The number of carbonyl (C=O) groups excluding carboxylic acids is 1. The number of unbranched alkanes of at least 4 members (excludes halogenated alkanes) is 8. The summed E-state index contributed by atoms with van der Waals surface area (Å²) in [5, 5.41) is 0. The lowest BCUT2D eigenvalue weighted by Crippen LogP contribution is -2.25. The van der Waals surface area contributed by atoms with Crippen LogP contribution in [0.2, 0.25) is 0 Å². The molecule has 1 unspecified atom stereocenters. The van der Waals surface area contributed by atoms with Crippen LogP contribution in [0.5, 0.6) is 0 Å². The van der Waals surface area contributed by atoms with E-state index >= 15 is 0 Å². The molecule has 0 saturated heterocycles. The number of hydrogen-bond acceptors (Lipinski definition) is 2. The number of carbonyl (C=O) groups is 1. The van der Waals surface area contributed by atoms with Gasteiger partial charge in [0.25, 0.3) is 0 Å². The molecule has 0 radical (unpaired) electrons. The van der Waals surface area contributed by atoms with Gasteiger partial charge in [0.1, 0.15) is 5.78 Å². The second-order valence-electron chi connectivity index (χ2n) is 6.01. The summed E-state index contributed by atoms with van der Waals surface area (Å²) in [6, 6.07) is 0. The van der Waals surface area contributed by atoms with Crippen molar-refractivity contribution in [2.75, 3.05) is 0 Å². The van der Waals surface area contributed by atoms with Crippen LogP contribution < -0.4 is 6.15 Å². The molecule has 0 amide bonds. The Morgan fingerprint density at radius 3 is 2.10 bits per heavy atom. The van der Waals surface area contributed by atoms with E-state index < -0.39 is 0 Å². The van der Waals surface area contributed by atoms with Crippen molar-refractivity contribution in [1.29, 1.82) is 0 Å². The van der Waals surface area contributed by atoms with Gasteiger partial charge < -0.3 is 6.15 Å². The van der Waals surface area contributed by atoms with Gasteiger partial charge in [0.05, 0.1) is 0 Å². The maximum atomic E-state index is 11.1. The molecular formula is C18H35NO. The van der Waals surface area contributed by atoms with Crippen molar-refractivity contribution in [3.05, 3.63) is 12.2 Å². The summed E-state index contributed by atoms with van der Waals surface area (Å²) in [5.41, 5.74) is 0. The largest absolute Gasteiger partial charge is 0.344 e. The Hall–Kier alpha value is -0.630. The quantitative estimate of drug-likeness (QED) is 0.352. The predicted molar refractivity (Wildman–Crippen MR) is 88.4 cm³/mol. The second kappa shape index (κ2) is 13.4. The third kappa shape index (κ3) is 9.30. The summed E-state index contributed by atoms with van der Waals surface area (Å²) in [7, 11) is 0. The van der Waals surface area contributed by atoms with Crippen LogP contribution in [0, 0.1) is 5.92 Å². The zero-order valence-corrected chi connectivity index (χ0v) is 13.5. The summed E-state index contributed by atoms with van der Waals surface area (Å²) in [6.45, 7) is 2.27. The highest BCUT2D eigenvalue weighted by atomic mass is 16.1. The Kier molecular flexibility index (Phi) is 12.9. The first kappa shape index (κ1) is 19.4. The minimum Gasteiger partial charge on any atom is -0.344 e. The van der Waals surface area contributed by atoms with Gasteiger partial charge in [0.2, 0.25) is 0 Å². The Morgan fingerprint density at radius 1 is 0.950 bits per heavy atom. The fourth-order valence-electron chi connectivity index (χ4n) is 2.70. The molecule has 1 aliphatic carbocycles. The summed E-state index contributed by atoms with van der Waals surface area (Å²) >= 11 is 0. The van der Waals surface area contributed by atoms with Crippen molar-refractivity contribution in [2.24, 2.45) is 5.92 Å². The maximum absolute atomic E-state index is 11.1. The predicted octanol–water partition coefficient (Wildman–Crippen LogP) is 5.99. The fourth-order valence-corrected chi connectivity index (χ4v) is 2.70. The molecule has 1 fully saturated rings. The molecule has 0 aromatic rings. The molecule has 118 valence electrons. The summed E-state index contributed by atoms with van der Waals surface area (Å²) in [6.07, 6.45) is 21.1. The molecule has 0 aliphatic heterocycles. The van der Waals surface area contributed by atoms with E-state index in [0.717, 1.165) is 19.3 Å². The topological polar surface area (TPSA) is 52.1 Å². The number of allylic oxidation sites excluding steroid dienone is 2. The lowest BCUT2D eigenvalue weighted by molar-refractivity contribution is -0.129. The van der Waals surface area contributed by atoms with Crippen LogP contribution in [-0.2, 0) is 4.79 Å². The van der Waals surface area contributed by atoms with Crippen molar-refractivity contribution >= 4 is 5.78 Å². The number of hydrogen-bond donors (Lipinski definition) is 1. The maximum Gasteiger partial charge on any atom is 0.136 e. The van der Waals surface area contributed by atoms with Crippen LogP contribution in [0.25, 0.3) is 0 Å². The summed E-state index contributed by atoms with van der Waals surface area (Å²) in [4.78, 5) is 11.1. The number of Topliss-reactive ketones (excluding diaryl/α,β-unsaturated/α-hetero) is 1. The van der Waals surface area contributed by atoms with E-state index in [0.29, 0.717) is 11.7 Å². The van der Waals surface area contributed by atoms with Gasteiger partial charge in [-0.25, -0.2) is 0 Å². The van der Waals surface area contributed by atoms with Crippen LogP contribution >= 0.6 is 0 Å². The van der Waals surface area contributed by atoms with E-state index in [1.54, 1.807) is 0 Å². The van der Waals surface area contributed by atoms with Gasteiger partial charge in [0.15, 0.2) is 0 Å². The zero-order valence-electron chi connectivity index (χ0n) is 13.5. The average Bonchev–Trinajstić information content (AvgIpc) is 2.42. The van der Waals surface area contributed by atoms with Crippen LogP contribution in [0.4, 0.5) is 0 Å². The normalized spacial score (nSPS) is 18.1. The van der Waals surface area contributed by atoms with Crippen molar-refractivity contribution in [3.63, 3.8) is 0 Å². The molecule has 2 nitrogen and oxygen atoms in total. The molecule has 0 bridgehead atoms. The van der Waals surface area contributed by atoms with Gasteiger partial charge >= 0.3 is 0 Å².